The van der Waals surface area contributed by atoms with Gasteiger partial charge in [0.2, 0.25) is 0 Å². The molecule has 1 heteroatoms. The van der Waals surface area contributed by atoms with Crippen molar-refractivity contribution in [3.05, 3.63) is 35.4 Å². The van der Waals surface area contributed by atoms with Crippen LogP contribution in [0.4, 0.5) is 0 Å². The van der Waals surface area contributed by atoms with E-state index < -0.39 is 0 Å². The maximum atomic E-state index is 9.46. The molecular formula is C13H16O. The van der Waals surface area contributed by atoms with Crippen LogP contribution in [0.15, 0.2) is 24.3 Å². The molecule has 0 aliphatic carbocycles. The summed E-state index contributed by atoms with van der Waals surface area (Å²) in [7, 11) is 0. The minimum atomic E-state index is -0.361. The highest BCUT2D eigenvalue weighted by Gasteiger charge is 2.03. The number of aliphatic hydroxyl groups excluding tert-OH is 1. The van der Waals surface area contributed by atoms with Gasteiger partial charge < -0.3 is 5.11 Å². The molecule has 0 saturated carbocycles. The van der Waals surface area contributed by atoms with Crippen LogP contribution in [-0.4, -0.2) is 11.2 Å². The quantitative estimate of drug-likeness (QED) is 0.719. The Morgan fingerprint density at radius 2 is 2.14 bits per heavy atom. The summed E-state index contributed by atoms with van der Waals surface area (Å²) in [6, 6.07) is 8.23. The summed E-state index contributed by atoms with van der Waals surface area (Å²) < 4.78 is 0. The van der Waals surface area contributed by atoms with Gasteiger partial charge in [0, 0.05) is 6.42 Å². The molecule has 0 aliphatic rings. The number of aliphatic hydroxyl groups is 1. The average molecular weight is 188 g/mol. The Morgan fingerprint density at radius 1 is 1.43 bits per heavy atom. The molecule has 1 rings (SSSR count). The standard InChI is InChI=1S/C13H16O/c1-3-6-13(14)10-9-12-8-5-4-7-11(12)2/h1,4-5,7-8,13-14H,6,9-10H2,2H3. The van der Waals surface area contributed by atoms with Gasteiger partial charge in [-0.05, 0) is 30.9 Å². The predicted molar refractivity (Wildman–Crippen MR) is 59.0 cm³/mol. The van der Waals surface area contributed by atoms with E-state index in [4.69, 9.17) is 6.42 Å². The highest BCUT2D eigenvalue weighted by atomic mass is 16.3. The second-order valence-corrected chi connectivity index (χ2v) is 3.53. The van der Waals surface area contributed by atoms with Crippen molar-refractivity contribution in [2.24, 2.45) is 0 Å². The van der Waals surface area contributed by atoms with E-state index in [1.807, 2.05) is 12.1 Å². The van der Waals surface area contributed by atoms with Gasteiger partial charge in [0.05, 0.1) is 6.10 Å². The molecule has 0 radical (unpaired) electrons. The van der Waals surface area contributed by atoms with E-state index in [1.54, 1.807) is 0 Å². The third-order valence-corrected chi connectivity index (χ3v) is 2.36. The van der Waals surface area contributed by atoms with Crippen LogP contribution in [-0.2, 0) is 6.42 Å². The second kappa shape index (κ2) is 5.47. The Kier molecular flexibility index (Phi) is 4.22. The second-order valence-electron chi connectivity index (χ2n) is 3.53. The van der Waals surface area contributed by atoms with Crippen LogP contribution in [0.25, 0.3) is 0 Å². The van der Waals surface area contributed by atoms with Gasteiger partial charge in [0.1, 0.15) is 0 Å². The molecular weight excluding hydrogens is 172 g/mol. The number of terminal acetylenes is 1. The minimum absolute atomic E-state index is 0.361. The van der Waals surface area contributed by atoms with Crippen LogP contribution in [0.1, 0.15) is 24.0 Å². The minimum Gasteiger partial charge on any atom is -0.392 e. The van der Waals surface area contributed by atoms with Gasteiger partial charge in [-0.3, -0.25) is 0 Å². The Morgan fingerprint density at radius 3 is 2.79 bits per heavy atom. The van der Waals surface area contributed by atoms with Crippen LogP contribution in [0.3, 0.4) is 0 Å². The predicted octanol–water partition coefficient (Wildman–Crippen LogP) is 2.31. The van der Waals surface area contributed by atoms with E-state index in [0.29, 0.717) is 6.42 Å². The van der Waals surface area contributed by atoms with Gasteiger partial charge in [-0.15, -0.1) is 12.3 Å². The summed E-state index contributed by atoms with van der Waals surface area (Å²) in [5.41, 5.74) is 2.57. The van der Waals surface area contributed by atoms with Crippen molar-refractivity contribution in [2.45, 2.75) is 32.3 Å². The van der Waals surface area contributed by atoms with Crippen LogP contribution in [0.2, 0.25) is 0 Å². The molecule has 0 bridgehead atoms. The lowest BCUT2D eigenvalue weighted by Gasteiger charge is -2.08. The van der Waals surface area contributed by atoms with E-state index in [0.717, 1.165) is 12.8 Å². The van der Waals surface area contributed by atoms with Gasteiger partial charge in [-0.1, -0.05) is 24.3 Å². The lowest BCUT2D eigenvalue weighted by Crippen LogP contribution is -2.06. The molecule has 0 aliphatic heterocycles. The molecule has 74 valence electrons. The van der Waals surface area contributed by atoms with E-state index in [-0.39, 0.29) is 6.10 Å². The van der Waals surface area contributed by atoms with Crippen LogP contribution < -0.4 is 0 Å². The monoisotopic (exact) mass is 188 g/mol. The summed E-state index contributed by atoms with van der Waals surface area (Å²) >= 11 is 0. The molecule has 1 aromatic carbocycles. The Labute approximate surface area is 85.8 Å². The van der Waals surface area contributed by atoms with Crippen LogP contribution >= 0.6 is 0 Å². The highest BCUT2D eigenvalue weighted by Crippen LogP contribution is 2.11. The Balaban J connectivity index is 2.46. The molecule has 0 aromatic heterocycles. The van der Waals surface area contributed by atoms with Crippen molar-refractivity contribution in [2.75, 3.05) is 0 Å². The normalized spacial score (nSPS) is 12.1. The smallest absolute Gasteiger partial charge is 0.0652 e. The fraction of sp³-hybridized carbons (Fsp3) is 0.385. The summed E-state index contributed by atoms with van der Waals surface area (Å²) in [5.74, 6) is 2.47. The first-order chi connectivity index (χ1) is 6.74. The molecule has 1 nitrogen and oxygen atoms in total. The average Bonchev–Trinajstić information content (AvgIpc) is 2.17. The topological polar surface area (TPSA) is 20.2 Å². The van der Waals surface area contributed by atoms with E-state index in [2.05, 4.69) is 25.0 Å². The number of hydrogen-bond donors (Lipinski definition) is 1. The number of aryl methyl sites for hydroxylation is 2. The molecule has 14 heavy (non-hydrogen) atoms. The maximum absolute atomic E-state index is 9.46. The van der Waals surface area contributed by atoms with Crippen LogP contribution in [0.5, 0.6) is 0 Å². The van der Waals surface area contributed by atoms with Gasteiger partial charge in [-0.25, -0.2) is 0 Å². The molecule has 1 aromatic rings. The summed E-state index contributed by atoms with van der Waals surface area (Å²) in [6.45, 7) is 2.09. The lowest BCUT2D eigenvalue weighted by atomic mass is 10.0. The third-order valence-electron chi connectivity index (χ3n) is 2.36. The first-order valence-corrected chi connectivity index (χ1v) is 4.90. The zero-order valence-corrected chi connectivity index (χ0v) is 8.53. The largest absolute Gasteiger partial charge is 0.392 e. The first kappa shape index (κ1) is 10.8. The SMILES string of the molecule is C#CCC(O)CCc1ccccc1C. The molecule has 0 spiro atoms. The van der Waals surface area contributed by atoms with Crippen molar-refractivity contribution in [1.29, 1.82) is 0 Å². The Hall–Kier alpha value is -1.26. The first-order valence-electron chi connectivity index (χ1n) is 4.90. The summed E-state index contributed by atoms with van der Waals surface area (Å²) in [6.07, 6.45) is 6.85. The zero-order chi connectivity index (χ0) is 10.4. The molecule has 0 heterocycles. The van der Waals surface area contributed by atoms with Crippen molar-refractivity contribution < 1.29 is 5.11 Å². The highest BCUT2D eigenvalue weighted by molar-refractivity contribution is 5.25. The molecule has 1 N–H and O–H groups in total. The fourth-order valence-corrected chi connectivity index (χ4v) is 1.45. The van der Waals surface area contributed by atoms with Crippen molar-refractivity contribution in [3.63, 3.8) is 0 Å². The number of hydrogen-bond acceptors (Lipinski definition) is 1. The molecule has 0 amide bonds. The maximum Gasteiger partial charge on any atom is 0.0652 e. The summed E-state index contributed by atoms with van der Waals surface area (Å²) in [4.78, 5) is 0. The zero-order valence-electron chi connectivity index (χ0n) is 8.53. The van der Waals surface area contributed by atoms with Gasteiger partial charge in [0.25, 0.3) is 0 Å². The van der Waals surface area contributed by atoms with Gasteiger partial charge >= 0.3 is 0 Å². The molecule has 1 unspecified atom stereocenters. The van der Waals surface area contributed by atoms with Crippen LogP contribution in [0, 0.1) is 19.3 Å². The van der Waals surface area contributed by atoms with E-state index in [1.165, 1.54) is 11.1 Å². The van der Waals surface area contributed by atoms with Crippen molar-refractivity contribution in [3.8, 4) is 12.3 Å². The van der Waals surface area contributed by atoms with Gasteiger partial charge in [0.15, 0.2) is 0 Å². The number of rotatable bonds is 4. The summed E-state index contributed by atoms with van der Waals surface area (Å²) in [5, 5.41) is 9.46. The number of benzene rings is 1. The molecule has 0 saturated heterocycles. The molecule has 0 fully saturated rings. The molecule has 1 atom stereocenters. The van der Waals surface area contributed by atoms with E-state index in [9.17, 15) is 5.11 Å². The van der Waals surface area contributed by atoms with Crippen molar-refractivity contribution in [1.82, 2.24) is 0 Å². The lowest BCUT2D eigenvalue weighted by molar-refractivity contribution is 0.170. The van der Waals surface area contributed by atoms with Gasteiger partial charge in [-0.2, -0.15) is 0 Å². The van der Waals surface area contributed by atoms with Crippen molar-refractivity contribution >= 4 is 0 Å². The third kappa shape index (κ3) is 3.24. The van der Waals surface area contributed by atoms with E-state index >= 15 is 0 Å². The fourth-order valence-electron chi connectivity index (χ4n) is 1.45. The Bertz CT molecular complexity index is 322.